The summed E-state index contributed by atoms with van der Waals surface area (Å²) in [5.41, 5.74) is 12.3. The highest BCUT2D eigenvalue weighted by molar-refractivity contribution is 5.44. The van der Waals surface area contributed by atoms with Crippen LogP contribution in [-0.4, -0.2) is 13.1 Å². The van der Waals surface area contributed by atoms with Crippen LogP contribution in [0.2, 0.25) is 0 Å². The zero-order valence-corrected chi connectivity index (χ0v) is 17.3. The zero-order chi connectivity index (χ0) is 20.1. The smallest absolute Gasteiger partial charge is 0.0456 e. The fourth-order valence-electron chi connectivity index (χ4n) is 4.75. The Kier molecular flexibility index (Phi) is 6.43. The summed E-state index contributed by atoms with van der Waals surface area (Å²) in [5.74, 6) is 0.846. The van der Waals surface area contributed by atoms with Gasteiger partial charge >= 0.3 is 0 Å². The van der Waals surface area contributed by atoms with Crippen LogP contribution in [0.5, 0.6) is 0 Å². The van der Waals surface area contributed by atoms with Crippen molar-refractivity contribution in [2.24, 2.45) is 11.7 Å². The van der Waals surface area contributed by atoms with Gasteiger partial charge in [0.05, 0.1) is 0 Å². The van der Waals surface area contributed by atoms with Gasteiger partial charge in [-0.05, 0) is 60.9 Å². The molecule has 0 aromatic heterocycles. The van der Waals surface area contributed by atoms with E-state index in [4.69, 9.17) is 5.73 Å². The number of hydrogen-bond donors (Lipinski definition) is 2. The molecule has 4 rings (SSSR count). The molecule has 3 aliphatic rings. The lowest BCUT2D eigenvalue weighted by Crippen LogP contribution is -2.42. The van der Waals surface area contributed by atoms with E-state index in [0.29, 0.717) is 11.8 Å². The number of rotatable bonds is 6. The molecule has 3 N–H and O–H groups in total. The summed E-state index contributed by atoms with van der Waals surface area (Å²) >= 11 is 0. The molecule has 150 valence electrons. The van der Waals surface area contributed by atoms with Crippen molar-refractivity contribution in [1.29, 1.82) is 0 Å². The molecule has 4 atom stereocenters. The lowest BCUT2D eigenvalue weighted by atomic mass is 9.81. The third-order valence-electron chi connectivity index (χ3n) is 6.43. The molecular formula is C27H32N2. The van der Waals surface area contributed by atoms with Crippen molar-refractivity contribution >= 4 is 0 Å². The van der Waals surface area contributed by atoms with E-state index < -0.39 is 0 Å². The van der Waals surface area contributed by atoms with E-state index in [1.807, 2.05) is 7.05 Å². The Balaban J connectivity index is 1.51. The van der Waals surface area contributed by atoms with E-state index >= 15 is 0 Å². The Morgan fingerprint density at radius 1 is 1.00 bits per heavy atom. The van der Waals surface area contributed by atoms with Crippen molar-refractivity contribution in [3.63, 3.8) is 0 Å². The van der Waals surface area contributed by atoms with Gasteiger partial charge in [0.2, 0.25) is 0 Å². The number of benzene rings is 1. The van der Waals surface area contributed by atoms with Crippen LogP contribution in [0.25, 0.3) is 0 Å². The molecular weight excluding hydrogens is 352 g/mol. The monoisotopic (exact) mass is 384 g/mol. The molecule has 1 aromatic rings. The molecule has 0 aliphatic heterocycles. The van der Waals surface area contributed by atoms with Crippen molar-refractivity contribution in [3.05, 3.63) is 107 Å². The Hall–Kier alpha value is -2.42. The SMILES string of the molecule is CNC(C1C=CC=CC1)[C@@H](N)c1cccc(C2C=CC=C(C3=CC=CCC3)C2)c1. The summed E-state index contributed by atoms with van der Waals surface area (Å²) in [6.45, 7) is 0. The molecule has 2 nitrogen and oxygen atoms in total. The highest BCUT2D eigenvalue weighted by Gasteiger charge is 2.26. The Morgan fingerprint density at radius 2 is 1.90 bits per heavy atom. The third kappa shape index (κ3) is 4.60. The molecule has 29 heavy (non-hydrogen) atoms. The van der Waals surface area contributed by atoms with E-state index in [9.17, 15) is 0 Å². The minimum absolute atomic E-state index is 0.0325. The van der Waals surface area contributed by atoms with Gasteiger partial charge in [0, 0.05) is 18.0 Å². The Labute approximate surface area is 175 Å². The molecule has 0 saturated carbocycles. The molecule has 0 fully saturated rings. The van der Waals surface area contributed by atoms with Crippen molar-refractivity contribution in [2.45, 2.75) is 43.7 Å². The maximum atomic E-state index is 6.76. The number of likely N-dealkylation sites (N-methyl/N-ethyl adjacent to an activating group) is 1. The fraction of sp³-hybridized carbons (Fsp3) is 0.333. The van der Waals surface area contributed by atoms with Crippen LogP contribution in [0.4, 0.5) is 0 Å². The van der Waals surface area contributed by atoms with E-state index in [0.717, 1.165) is 25.7 Å². The summed E-state index contributed by atoms with van der Waals surface area (Å²) < 4.78 is 0. The van der Waals surface area contributed by atoms with Gasteiger partial charge in [-0.1, -0.05) is 85.0 Å². The third-order valence-corrected chi connectivity index (χ3v) is 6.43. The summed E-state index contributed by atoms with van der Waals surface area (Å²) in [4.78, 5) is 0. The summed E-state index contributed by atoms with van der Waals surface area (Å²) in [6, 6.07) is 9.12. The van der Waals surface area contributed by atoms with Crippen LogP contribution in [0.1, 0.15) is 48.8 Å². The van der Waals surface area contributed by atoms with Crippen LogP contribution in [0.3, 0.4) is 0 Å². The van der Waals surface area contributed by atoms with E-state index in [1.54, 1.807) is 0 Å². The van der Waals surface area contributed by atoms with Gasteiger partial charge in [-0.3, -0.25) is 0 Å². The maximum Gasteiger partial charge on any atom is 0.0456 e. The molecule has 3 unspecified atom stereocenters. The largest absolute Gasteiger partial charge is 0.323 e. The van der Waals surface area contributed by atoms with Crippen LogP contribution in [0, 0.1) is 5.92 Å². The molecule has 0 heterocycles. The maximum absolute atomic E-state index is 6.76. The minimum Gasteiger partial charge on any atom is -0.323 e. The van der Waals surface area contributed by atoms with Crippen LogP contribution >= 0.6 is 0 Å². The first-order valence-corrected chi connectivity index (χ1v) is 10.9. The lowest BCUT2D eigenvalue weighted by molar-refractivity contribution is 0.374. The number of allylic oxidation sites excluding steroid dienone is 11. The second-order valence-corrected chi connectivity index (χ2v) is 8.27. The molecule has 0 spiro atoms. The summed E-state index contributed by atoms with van der Waals surface area (Å²) in [5, 5.41) is 3.47. The second-order valence-electron chi connectivity index (χ2n) is 8.27. The van der Waals surface area contributed by atoms with Crippen LogP contribution < -0.4 is 11.1 Å². The van der Waals surface area contributed by atoms with Gasteiger partial charge in [-0.25, -0.2) is 0 Å². The summed E-state index contributed by atoms with van der Waals surface area (Å²) in [7, 11) is 2.02. The number of nitrogens with one attached hydrogen (secondary N) is 1. The molecule has 0 saturated heterocycles. The predicted octanol–water partition coefficient (Wildman–Crippen LogP) is 5.65. The Bertz CT molecular complexity index is 897. The number of nitrogens with two attached hydrogens (primary N) is 1. The van der Waals surface area contributed by atoms with E-state index in [-0.39, 0.29) is 12.1 Å². The van der Waals surface area contributed by atoms with E-state index in [2.05, 4.69) is 90.3 Å². The first-order chi connectivity index (χ1) is 14.3. The van der Waals surface area contributed by atoms with Gasteiger partial charge in [0.25, 0.3) is 0 Å². The predicted molar refractivity (Wildman–Crippen MR) is 124 cm³/mol. The van der Waals surface area contributed by atoms with Gasteiger partial charge in [-0.15, -0.1) is 0 Å². The van der Waals surface area contributed by atoms with Crippen molar-refractivity contribution in [1.82, 2.24) is 5.32 Å². The van der Waals surface area contributed by atoms with Crippen LogP contribution in [0.15, 0.2) is 96.2 Å². The van der Waals surface area contributed by atoms with Crippen molar-refractivity contribution in [3.8, 4) is 0 Å². The topological polar surface area (TPSA) is 38.0 Å². The first-order valence-electron chi connectivity index (χ1n) is 10.9. The standard InChI is InChI=1S/C27H32N2/c1-29-27(21-12-6-3-7-13-21)26(28)25-17-9-16-24(19-25)23-15-8-14-22(18-23)20-10-4-2-5-11-20/h2-4,6-10,12,14-17,19,21,23,26-27,29H,5,11,13,18,28H2,1H3/t21?,23?,26-,27?/m0/s1. The lowest BCUT2D eigenvalue weighted by Gasteiger charge is -2.31. The van der Waals surface area contributed by atoms with Crippen LogP contribution in [-0.2, 0) is 0 Å². The second kappa shape index (κ2) is 9.39. The zero-order valence-electron chi connectivity index (χ0n) is 17.3. The quantitative estimate of drug-likeness (QED) is 0.665. The van der Waals surface area contributed by atoms with Crippen molar-refractivity contribution < 1.29 is 0 Å². The van der Waals surface area contributed by atoms with Crippen molar-refractivity contribution in [2.75, 3.05) is 7.05 Å². The van der Waals surface area contributed by atoms with Gasteiger partial charge in [0.1, 0.15) is 0 Å². The van der Waals surface area contributed by atoms with Gasteiger partial charge in [-0.2, -0.15) is 0 Å². The normalized spacial score (nSPS) is 25.4. The minimum atomic E-state index is -0.0325. The Morgan fingerprint density at radius 3 is 2.66 bits per heavy atom. The first kappa shape index (κ1) is 19.9. The highest BCUT2D eigenvalue weighted by atomic mass is 14.9. The molecule has 0 bridgehead atoms. The molecule has 3 aliphatic carbocycles. The average molecular weight is 385 g/mol. The number of hydrogen-bond acceptors (Lipinski definition) is 2. The van der Waals surface area contributed by atoms with Gasteiger partial charge < -0.3 is 11.1 Å². The highest BCUT2D eigenvalue weighted by Crippen LogP contribution is 2.35. The molecule has 1 aromatic carbocycles. The fourth-order valence-corrected chi connectivity index (χ4v) is 4.75. The van der Waals surface area contributed by atoms with E-state index in [1.165, 1.54) is 22.3 Å². The molecule has 2 heteroatoms. The molecule has 0 amide bonds. The average Bonchev–Trinajstić information content (AvgIpc) is 2.81. The van der Waals surface area contributed by atoms with Gasteiger partial charge in [0.15, 0.2) is 0 Å². The molecule has 0 radical (unpaired) electrons. The summed E-state index contributed by atoms with van der Waals surface area (Å²) in [6.07, 6.45) is 26.7.